The van der Waals surface area contributed by atoms with E-state index < -0.39 is 5.97 Å². The largest absolute Gasteiger partial charge is 0.481 e. The Balaban J connectivity index is 1.76. The van der Waals surface area contributed by atoms with Gasteiger partial charge in [-0.15, -0.1) is 10.2 Å². The quantitative estimate of drug-likeness (QED) is 0.904. The molecule has 0 saturated carbocycles. The van der Waals surface area contributed by atoms with Crippen molar-refractivity contribution < 1.29 is 14.6 Å². The maximum atomic E-state index is 11.3. The number of hydrogen-bond acceptors (Lipinski definition) is 6. The van der Waals surface area contributed by atoms with Crippen molar-refractivity contribution in [3.05, 3.63) is 41.2 Å². The van der Waals surface area contributed by atoms with Crippen molar-refractivity contribution in [3.8, 4) is 0 Å². The Labute approximate surface area is 149 Å². The summed E-state index contributed by atoms with van der Waals surface area (Å²) < 4.78 is 7.43. The Bertz CT molecular complexity index is 825. The molecule has 130 valence electrons. The van der Waals surface area contributed by atoms with E-state index in [9.17, 15) is 9.90 Å². The molecule has 1 aromatic carbocycles. The summed E-state index contributed by atoms with van der Waals surface area (Å²) in [5, 5.41) is 22.8. The molecule has 0 amide bonds. The van der Waals surface area contributed by atoms with E-state index in [1.807, 2.05) is 31.2 Å². The van der Waals surface area contributed by atoms with Crippen molar-refractivity contribution in [1.29, 1.82) is 0 Å². The molecule has 4 rings (SSSR count). The lowest BCUT2D eigenvalue weighted by Crippen LogP contribution is -2.27. The minimum Gasteiger partial charge on any atom is -0.481 e. The molecule has 7 nitrogen and oxygen atoms in total. The first-order valence-corrected chi connectivity index (χ1v) is 9.11. The Hall–Kier alpha value is -2.19. The van der Waals surface area contributed by atoms with Gasteiger partial charge in [0.1, 0.15) is 6.10 Å². The molecule has 8 heteroatoms. The van der Waals surface area contributed by atoms with Gasteiger partial charge in [0.2, 0.25) is 5.16 Å². The highest BCUT2D eigenvalue weighted by atomic mass is 32.2. The zero-order chi connectivity index (χ0) is 17.4. The highest BCUT2D eigenvalue weighted by Gasteiger charge is 2.33. The van der Waals surface area contributed by atoms with Gasteiger partial charge in [0.15, 0.2) is 5.82 Å². The number of fused-ring (bicyclic) bond motifs is 1. The summed E-state index contributed by atoms with van der Waals surface area (Å²) in [5.41, 5.74) is 2.80. The fourth-order valence-electron chi connectivity index (χ4n) is 3.05. The number of hydrogen-bond donors (Lipinski definition) is 1. The zero-order valence-electron chi connectivity index (χ0n) is 13.8. The van der Waals surface area contributed by atoms with E-state index in [2.05, 4.69) is 10.2 Å². The van der Waals surface area contributed by atoms with Gasteiger partial charge in [-0.05, 0) is 25.3 Å². The smallest absolute Gasteiger partial charge is 0.304 e. The van der Waals surface area contributed by atoms with E-state index in [0.717, 1.165) is 36.3 Å². The number of ether oxygens (including phenoxy) is 1. The number of nitrogens with zero attached hydrogens (tertiary/aromatic N) is 4. The maximum absolute atomic E-state index is 11.3. The molecule has 1 N–H and O–H groups in total. The number of aliphatic carboxylic acids is 1. The van der Waals surface area contributed by atoms with Gasteiger partial charge in [-0.3, -0.25) is 4.79 Å². The number of carbonyl (C=O) groups is 1. The molecule has 25 heavy (non-hydrogen) atoms. The van der Waals surface area contributed by atoms with Gasteiger partial charge in [0.05, 0.1) is 17.4 Å². The van der Waals surface area contributed by atoms with Crippen LogP contribution < -0.4 is 0 Å². The van der Waals surface area contributed by atoms with Gasteiger partial charge in [-0.1, -0.05) is 41.6 Å². The SMILES string of the molecule is Cc1ccc(C2=Nn3c(nnc3[C@H]3CCCO3)S[C@@H]2CC(=O)O)cc1. The van der Waals surface area contributed by atoms with E-state index in [4.69, 9.17) is 9.84 Å². The monoisotopic (exact) mass is 358 g/mol. The van der Waals surface area contributed by atoms with Gasteiger partial charge in [-0.2, -0.15) is 9.78 Å². The topological polar surface area (TPSA) is 89.6 Å². The number of rotatable bonds is 4. The summed E-state index contributed by atoms with van der Waals surface area (Å²) in [5.74, 6) is -0.164. The molecule has 2 aromatic rings. The van der Waals surface area contributed by atoms with Crippen molar-refractivity contribution in [1.82, 2.24) is 14.9 Å². The Morgan fingerprint density at radius 3 is 2.84 bits per heavy atom. The third-order valence-electron chi connectivity index (χ3n) is 4.32. The molecular weight excluding hydrogens is 340 g/mol. The van der Waals surface area contributed by atoms with Crippen molar-refractivity contribution >= 4 is 23.4 Å². The minimum absolute atomic E-state index is 0.0144. The van der Waals surface area contributed by atoms with E-state index in [0.29, 0.717) is 11.0 Å². The summed E-state index contributed by atoms with van der Waals surface area (Å²) in [6.45, 7) is 2.74. The van der Waals surface area contributed by atoms with E-state index in [1.165, 1.54) is 11.8 Å². The third-order valence-corrected chi connectivity index (χ3v) is 5.46. The fraction of sp³-hybridized carbons (Fsp3) is 0.412. The van der Waals surface area contributed by atoms with Crippen LogP contribution in [0.2, 0.25) is 0 Å². The van der Waals surface area contributed by atoms with Gasteiger partial charge in [-0.25, -0.2) is 0 Å². The van der Waals surface area contributed by atoms with Gasteiger partial charge in [0.25, 0.3) is 0 Å². The predicted octanol–water partition coefficient (Wildman–Crippen LogP) is 2.64. The molecular formula is C17H18N4O3S. The van der Waals surface area contributed by atoms with Gasteiger partial charge >= 0.3 is 5.97 Å². The molecule has 3 heterocycles. The van der Waals surface area contributed by atoms with Crippen LogP contribution in [0.15, 0.2) is 34.5 Å². The van der Waals surface area contributed by atoms with Crippen LogP contribution >= 0.6 is 11.8 Å². The van der Waals surface area contributed by atoms with Crippen LogP contribution in [-0.4, -0.2) is 43.5 Å². The van der Waals surface area contributed by atoms with E-state index in [1.54, 1.807) is 4.68 Å². The van der Waals surface area contributed by atoms with Crippen LogP contribution in [0.4, 0.5) is 0 Å². The van der Waals surface area contributed by atoms with E-state index in [-0.39, 0.29) is 17.8 Å². The highest BCUT2D eigenvalue weighted by molar-refractivity contribution is 8.00. The molecule has 0 radical (unpaired) electrons. The van der Waals surface area contributed by atoms with E-state index >= 15 is 0 Å². The normalized spacial score (nSPS) is 22.5. The Morgan fingerprint density at radius 2 is 2.16 bits per heavy atom. The minimum atomic E-state index is -0.857. The summed E-state index contributed by atoms with van der Waals surface area (Å²) in [6.07, 6.45) is 1.78. The predicted molar refractivity (Wildman–Crippen MR) is 93.0 cm³/mol. The van der Waals surface area contributed by atoms with Crippen LogP contribution in [-0.2, 0) is 9.53 Å². The molecule has 1 aromatic heterocycles. The van der Waals surface area contributed by atoms with Gasteiger partial charge < -0.3 is 9.84 Å². The second-order valence-corrected chi connectivity index (χ2v) is 7.38. The van der Waals surface area contributed by atoms with Crippen molar-refractivity contribution in [3.63, 3.8) is 0 Å². The zero-order valence-corrected chi connectivity index (χ0v) is 14.6. The van der Waals surface area contributed by atoms with Crippen molar-refractivity contribution in [2.45, 2.75) is 42.7 Å². The number of aryl methyl sites for hydroxylation is 1. The number of thioether (sulfide) groups is 1. The molecule has 2 atom stereocenters. The lowest BCUT2D eigenvalue weighted by Gasteiger charge is -2.22. The molecule has 0 bridgehead atoms. The second-order valence-electron chi connectivity index (χ2n) is 6.21. The highest BCUT2D eigenvalue weighted by Crippen LogP contribution is 2.36. The average molecular weight is 358 g/mol. The van der Waals surface area contributed by atoms with Crippen LogP contribution in [0, 0.1) is 6.92 Å². The molecule has 0 spiro atoms. The Kier molecular flexibility index (Phi) is 4.30. The third kappa shape index (κ3) is 3.19. The van der Waals surface area contributed by atoms with Gasteiger partial charge in [0, 0.05) is 6.61 Å². The number of aromatic nitrogens is 3. The number of carboxylic acids is 1. The molecule has 0 aliphatic carbocycles. The first-order valence-electron chi connectivity index (χ1n) is 8.23. The number of benzene rings is 1. The summed E-state index contributed by atoms with van der Waals surface area (Å²) in [6, 6.07) is 7.96. The van der Waals surface area contributed by atoms with Crippen LogP contribution in [0.5, 0.6) is 0 Å². The molecule has 2 aliphatic heterocycles. The lowest BCUT2D eigenvalue weighted by atomic mass is 10.0. The molecule has 1 saturated heterocycles. The van der Waals surface area contributed by atoms with Crippen molar-refractivity contribution in [2.24, 2.45) is 5.10 Å². The summed E-state index contributed by atoms with van der Waals surface area (Å²) in [7, 11) is 0. The van der Waals surface area contributed by atoms with Crippen LogP contribution in [0.1, 0.15) is 42.3 Å². The van der Waals surface area contributed by atoms with Crippen LogP contribution in [0.25, 0.3) is 0 Å². The first-order chi connectivity index (χ1) is 12.1. The van der Waals surface area contributed by atoms with Crippen LogP contribution in [0.3, 0.4) is 0 Å². The standard InChI is InChI=1S/C17H18N4O3S/c1-10-4-6-11(7-5-10)15-13(9-14(22)23)25-17-19-18-16(21(17)20-15)12-3-2-8-24-12/h4-7,12-13H,2-3,8-9H2,1H3,(H,22,23)/t12-,13-/m1/s1. The number of carboxylic acid groups (broad SMARTS) is 1. The molecule has 0 unspecified atom stereocenters. The Morgan fingerprint density at radius 1 is 1.36 bits per heavy atom. The second kappa shape index (κ2) is 6.61. The first kappa shape index (κ1) is 16.3. The maximum Gasteiger partial charge on any atom is 0.304 e. The average Bonchev–Trinajstić information content (AvgIpc) is 3.23. The van der Waals surface area contributed by atoms with Crippen molar-refractivity contribution in [2.75, 3.05) is 6.61 Å². The summed E-state index contributed by atoms with van der Waals surface area (Å²) >= 11 is 1.39. The molecule has 1 fully saturated rings. The fourth-order valence-corrected chi connectivity index (χ4v) is 4.14. The summed E-state index contributed by atoms with van der Waals surface area (Å²) in [4.78, 5) is 11.3. The molecule has 2 aliphatic rings. The lowest BCUT2D eigenvalue weighted by molar-refractivity contribution is -0.136.